The fourth-order valence-electron chi connectivity index (χ4n) is 1.31. The third-order valence-corrected chi connectivity index (χ3v) is 3.14. The number of alkyl halides is 2. The Labute approximate surface area is 103 Å². The van der Waals surface area contributed by atoms with E-state index < -0.39 is 31.2 Å². The van der Waals surface area contributed by atoms with E-state index in [0.29, 0.717) is 5.56 Å². The maximum atomic E-state index is 12.4. The van der Waals surface area contributed by atoms with Crippen molar-refractivity contribution in [3.63, 3.8) is 0 Å². The number of carbonyl (C=O) groups excluding carboxylic acids is 1. The summed E-state index contributed by atoms with van der Waals surface area (Å²) in [6, 6.07) is 6.68. The van der Waals surface area contributed by atoms with Crippen LogP contribution in [0.5, 0.6) is 0 Å². The third-order valence-electron chi connectivity index (χ3n) is 2.40. The van der Waals surface area contributed by atoms with Gasteiger partial charge >= 0.3 is 0 Å². The number of rotatable bonds is 6. The second kappa shape index (κ2) is 6.12. The molecule has 0 spiro atoms. The van der Waals surface area contributed by atoms with Crippen molar-refractivity contribution >= 4 is 17.5 Å². The number of carbonyl (C=O) groups is 1. The van der Waals surface area contributed by atoms with Gasteiger partial charge in [0.1, 0.15) is 19.0 Å². The summed E-state index contributed by atoms with van der Waals surface area (Å²) in [4.78, 5) is 12.7. The lowest BCUT2D eigenvalue weighted by Crippen LogP contribution is -2.36. The van der Waals surface area contributed by atoms with E-state index in [0.717, 1.165) is 4.90 Å². The topological polar surface area (TPSA) is 37.3 Å². The molecule has 0 fully saturated rings. The summed E-state index contributed by atoms with van der Waals surface area (Å²) in [6.45, 7) is -2.53. The summed E-state index contributed by atoms with van der Waals surface area (Å²) in [7, 11) is 0. The van der Waals surface area contributed by atoms with Crippen molar-refractivity contribution in [1.82, 2.24) is 0 Å². The molecule has 0 saturated heterocycles. The number of hydrogen-bond donors (Lipinski definition) is 1. The van der Waals surface area contributed by atoms with E-state index in [1.54, 1.807) is 24.3 Å². The minimum atomic E-state index is -2.19. The molecular formula is C12H14F2O2S. The number of ketones is 1. The van der Waals surface area contributed by atoms with Crippen LogP contribution in [0, 0.1) is 0 Å². The van der Waals surface area contributed by atoms with Gasteiger partial charge in [0.25, 0.3) is 0 Å². The molecule has 17 heavy (non-hydrogen) atoms. The molecule has 0 unspecified atom stereocenters. The predicted molar refractivity (Wildman–Crippen MR) is 64.1 cm³/mol. The van der Waals surface area contributed by atoms with Gasteiger partial charge < -0.3 is 5.11 Å². The van der Waals surface area contributed by atoms with Crippen molar-refractivity contribution < 1.29 is 18.7 Å². The smallest absolute Gasteiger partial charge is 0.165 e. The number of hydrogen-bond acceptors (Lipinski definition) is 3. The molecule has 1 aromatic rings. The highest BCUT2D eigenvalue weighted by Crippen LogP contribution is 2.19. The normalized spacial score (nSPS) is 11.5. The van der Waals surface area contributed by atoms with E-state index >= 15 is 0 Å². The number of Topliss-reactive ketones (excluding diaryl/α,β-unsaturated/α-hetero) is 1. The number of thioether (sulfide) groups is 1. The van der Waals surface area contributed by atoms with E-state index in [-0.39, 0.29) is 0 Å². The van der Waals surface area contributed by atoms with Gasteiger partial charge in [-0.05, 0) is 18.4 Å². The molecule has 1 N–H and O–H groups in total. The number of halogens is 2. The molecule has 0 saturated carbocycles. The molecular weight excluding hydrogens is 246 g/mol. The molecule has 0 aliphatic carbocycles. The Morgan fingerprint density at radius 1 is 1.29 bits per heavy atom. The Kier molecular flexibility index (Phi) is 5.08. The Hall–Kier alpha value is -0.940. The van der Waals surface area contributed by atoms with E-state index in [1.807, 2.05) is 6.26 Å². The first-order valence-electron chi connectivity index (χ1n) is 5.06. The van der Waals surface area contributed by atoms with Gasteiger partial charge in [0.2, 0.25) is 0 Å². The maximum absolute atomic E-state index is 12.4. The standard InChI is InChI=1S/C12H14F2O2S/c1-17-10-4-2-9(3-5-10)11(15)6-12(16,7-13)8-14/h2-5,16H,6-8H2,1H3. The van der Waals surface area contributed by atoms with E-state index in [1.165, 1.54) is 11.8 Å². The largest absolute Gasteiger partial charge is 0.384 e. The van der Waals surface area contributed by atoms with Crippen LogP contribution in [-0.4, -0.2) is 36.1 Å². The molecule has 0 bridgehead atoms. The Bertz CT molecular complexity index is 375. The molecule has 0 aliphatic rings. The SMILES string of the molecule is CSc1ccc(C(=O)CC(O)(CF)CF)cc1. The zero-order valence-corrected chi connectivity index (χ0v) is 10.3. The van der Waals surface area contributed by atoms with Crippen LogP contribution in [0.2, 0.25) is 0 Å². The first-order valence-corrected chi connectivity index (χ1v) is 6.28. The summed E-state index contributed by atoms with van der Waals surface area (Å²) in [5, 5.41) is 9.39. The van der Waals surface area contributed by atoms with Crippen molar-refractivity contribution in [1.29, 1.82) is 0 Å². The summed E-state index contributed by atoms with van der Waals surface area (Å²) in [6.07, 6.45) is 1.36. The fourth-order valence-corrected chi connectivity index (χ4v) is 1.72. The summed E-state index contributed by atoms with van der Waals surface area (Å²) in [5.41, 5.74) is -1.84. The van der Waals surface area contributed by atoms with Gasteiger partial charge in [-0.15, -0.1) is 11.8 Å². The molecule has 5 heteroatoms. The van der Waals surface area contributed by atoms with Crippen molar-refractivity contribution in [3.05, 3.63) is 29.8 Å². The van der Waals surface area contributed by atoms with E-state index in [2.05, 4.69) is 0 Å². The maximum Gasteiger partial charge on any atom is 0.165 e. The lowest BCUT2D eigenvalue weighted by molar-refractivity contribution is -0.00912. The minimum absolute atomic E-state index is 0.350. The molecule has 2 nitrogen and oxygen atoms in total. The number of benzene rings is 1. The van der Waals surface area contributed by atoms with Gasteiger partial charge in [0.15, 0.2) is 5.78 Å². The van der Waals surface area contributed by atoms with Gasteiger partial charge in [-0.25, -0.2) is 8.78 Å². The highest BCUT2D eigenvalue weighted by atomic mass is 32.2. The highest BCUT2D eigenvalue weighted by Gasteiger charge is 2.30. The van der Waals surface area contributed by atoms with Crippen LogP contribution in [0.3, 0.4) is 0 Å². The lowest BCUT2D eigenvalue weighted by atomic mass is 9.96. The van der Waals surface area contributed by atoms with Crippen molar-refractivity contribution in [2.75, 3.05) is 19.6 Å². The zero-order chi connectivity index (χ0) is 12.9. The Morgan fingerprint density at radius 3 is 2.24 bits per heavy atom. The van der Waals surface area contributed by atoms with Crippen LogP contribution in [0.15, 0.2) is 29.2 Å². The average Bonchev–Trinajstić information content (AvgIpc) is 2.38. The zero-order valence-electron chi connectivity index (χ0n) is 9.45. The van der Waals surface area contributed by atoms with E-state index in [4.69, 9.17) is 0 Å². The average molecular weight is 260 g/mol. The van der Waals surface area contributed by atoms with Crippen molar-refractivity contribution in [2.24, 2.45) is 0 Å². The summed E-state index contributed by atoms with van der Waals surface area (Å²) < 4.78 is 24.8. The van der Waals surface area contributed by atoms with Crippen LogP contribution < -0.4 is 0 Å². The summed E-state index contributed by atoms with van der Waals surface area (Å²) >= 11 is 1.53. The van der Waals surface area contributed by atoms with Crippen molar-refractivity contribution in [3.8, 4) is 0 Å². The van der Waals surface area contributed by atoms with Crippen LogP contribution in [-0.2, 0) is 0 Å². The molecule has 0 heterocycles. The quantitative estimate of drug-likeness (QED) is 0.631. The van der Waals surface area contributed by atoms with Crippen LogP contribution in [0.25, 0.3) is 0 Å². The molecule has 94 valence electrons. The highest BCUT2D eigenvalue weighted by molar-refractivity contribution is 7.98. The molecule has 0 aromatic heterocycles. The van der Waals surface area contributed by atoms with Crippen LogP contribution in [0.1, 0.15) is 16.8 Å². The first-order chi connectivity index (χ1) is 8.04. The van der Waals surface area contributed by atoms with Crippen LogP contribution >= 0.6 is 11.8 Å². The van der Waals surface area contributed by atoms with E-state index in [9.17, 15) is 18.7 Å². The van der Waals surface area contributed by atoms with Crippen molar-refractivity contribution in [2.45, 2.75) is 16.9 Å². The molecule has 0 atom stereocenters. The lowest BCUT2D eigenvalue weighted by Gasteiger charge is -2.19. The van der Waals surface area contributed by atoms with Gasteiger partial charge in [0, 0.05) is 16.9 Å². The molecule has 1 aromatic carbocycles. The summed E-state index contributed by atoms with van der Waals surface area (Å²) in [5.74, 6) is -0.463. The molecule has 0 amide bonds. The Balaban J connectivity index is 2.75. The molecule has 1 rings (SSSR count). The van der Waals surface area contributed by atoms with Crippen LogP contribution in [0.4, 0.5) is 8.78 Å². The van der Waals surface area contributed by atoms with Gasteiger partial charge in [-0.1, -0.05) is 12.1 Å². The second-order valence-electron chi connectivity index (χ2n) is 3.82. The third kappa shape index (κ3) is 3.78. The van der Waals surface area contributed by atoms with Gasteiger partial charge in [-0.3, -0.25) is 4.79 Å². The first kappa shape index (κ1) is 14.1. The molecule has 0 aliphatic heterocycles. The second-order valence-corrected chi connectivity index (χ2v) is 4.70. The minimum Gasteiger partial charge on any atom is -0.384 e. The fraction of sp³-hybridized carbons (Fsp3) is 0.417. The molecule has 0 radical (unpaired) electrons. The predicted octanol–water partition coefficient (Wildman–Crippen LogP) is 2.65. The van der Waals surface area contributed by atoms with Gasteiger partial charge in [-0.2, -0.15) is 0 Å². The monoisotopic (exact) mass is 260 g/mol. The van der Waals surface area contributed by atoms with Gasteiger partial charge in [0.05, 0.1) is 0 Å². The Morgan fingerprint density at radius 2 is 1.82 bits per heavy atom. The number of aliphatic hydroxyl groups is 1.